The number of sulfonamides is 1. The number of hydrogen-bond donors (Lipinski definition) is 2. The molecule has 0 unspecified atom stereocenters. The van der Waals surface area contributed by atoms with E-state index in [1.165, 1.54) is 18.2 Å². The third-order valence-electron chi connectivity index (χ3n) is 2.65. The first-order chi connectivity index (χ1) is 9.53. The first kappa shape index (κ1) is 14.0. The molecule has 20 heavy (non-hydrogen) atoms. The van der Waals surface area contributed by atoms with E-state index in [1.54, 1.807) is 23.3 Å². The van der Waals surface area contributed by atoms with Crippen molar-refractivity contribution in [1.29, 1.82) is 5.26 Å². The standard InChI is InChI=1S/C12H13N5O2S/c13-8-10-1-2-12(11(14)7-10)20(18,19)16-4-6-17-5-3-15-9-17/h1-3,5,7,9,16H,4,6,14H2. The Bertz CT molecular complexity index is 732. The smallest absolute Gasteiger partial charge is 0.242 e. The summed E-state index contributed by atoms with van der Waals surface area (Å²) in [6.45, 7) is 0.688. The van der Waals surface area contributed by atoms with Crippen LogP contribution in [0.25, 0.3) is 0 Å². The molecule has 0 spiro atoms. The summed E-state index contributed by atoms with van der Waals surface area (Å²) in [5, 5.41) is 8.72. The molecule has 0 radical (unpaired) electrons. The van der Waals surface area contributed by atoms with Crippen LogP contribution in [0.3, 0.4) is 0 Å². The zero-order valence-electron chi connectivity index (χ0n) is 10.5. The Labute approximate surface area is 116 Å². The second-order valence-electron chi connectivity index (χ2n) is 4.06. The number of rotatable bonds is 5. The van der Waals surface area contributed by atoms with Crippen LogP contribution in [0.2, 0.25) is 0 Å². The van der Waals surface area contributed by atoms with Gasteiger partial charge >= 0.3 is 0 Å². The van der Waals surface area contributed by atoms with Crippen LogP contribution in [0.15, 0.2) is 41.8 Å². The molecule has 0 saturated carbocycles. The van der Waals surface area contributed by atoms with E-state index < -0.39 is 10.0 Å². The number of hydrogen-bond acceptors (Lipinski definition) is 5. The van der Waals surface area contributed by atoms with Crippen LogP contribution >= 0.6 is 0 Å². The van der Waals surface area contributed by atoms with Crippen molar-refractivity contribution in [3.63, 3.8) is 0 Å². The van der Waals surface area contributed by atoms with E-state index in [4.69, 9.17) is 11.0 Å². The Hall–Kier alpha value is -2.37. The Morgan fingerprint density at radius 3 is 2.85 bits per heavy atom. The summed E-state index contributed by atoms with van der Waals surface area (Å²) in [5.41, 5.74) is 6.04. The summed E-state index contributed by atoms with van der Waals surface area (Å²) in [4.78, 5) is 3.84. The average Bonchev–Trinajstić information content (AvgIpc) is 2.91. The molecule has 0 atom stereocenters. The Balaban J connectivity index is 2.08. The van der Waals surface area contributed by atoms with Crippen molar-refractivity contribution >= 4 is 15.7 Å². The number of nitriles is 1. The van der Waals surface area contributed by atoms with Crippen LogP contribution in [-0.2, 0) is 16.6 Å². The maximum Gasteiger partial charge on any atom is 0.242 e. The van der Waals surface area contributed by atoms with Gasteiger partial charge in [0.25, 0.3) is 0 Å². The van der Waals surface area contributed by atoms with Gasteiger partial charge in [0.15, 0.2) is 0 Å². The minimum atomic E-state index is -3.69. The van der Waals surface area contributed by atoms with Gasteiger partial charge in [-0.25, -0.2) is 18.1 Å². The zero-order chi connectivity index (χ0) is 14.6. The quantitative estimate of drug-likeness (QED) is 0.770. The largest absolute Gasteiger partial charge is 0.398 e. The van der Waals surface area contributed by atoms with Crippen molar-refractivity contribution in [2.75, 3.05) is 12.3 Å². The van der Waals surface area contributed by atoms with Crippen molar-refractivity contribution in [2.45, 2.75) is 11.4 Å². The second kappa shape index (κ2) is 5.73. The van der Waals surface area contributed by atoms with Crippen LogP contribution in [0.4, 0.5) is 5.69 Å². The van der Waals surface area contributed by atoms with Gasteiger partial charge in [-0.05, 0) is 18.2 Å². The van der Waals surface area contributed by atoms with E-state index in [9.17, 15) is 8.42 Å². The molecule has 0 aliphatic rings. The molecule has 0 bridgehead atoms. The first-order valence-electron chi connectivity index (χ1n) is 5.78. The molecule has 1 aromatic carbocycles. The Morgan fingerprint density at radius 1 is 1.45 bits per heavy atom. The Morgan fingerprint density at radius 2 is 2.25 bits per heavy atom. The van der Waals surface area contributed by atoms with Gasteiger partial charge in [-0.15, -0.1) is 0 Å². The van der Waals surface area contributed by atoms with Crippen molar-refractivity contribution < 1.29 is 8.42 Å². The number of anilines is 1. The maximum absolute atomic E-state index is 12.1. The predicted octanol–water partition coefficient (Wildman–Crippen LogP) is 0.315. The SMILES string of the molecule is N#Cc1ccc(S(=O)(=O)NCCn2ccnc2)c(N)c1. The molecule has 1 aromatic heterocycles. The van der Waals surface area contributed by atoms with Crippen LogP contribution in [-0.4, -0.2) is 24.5 Å². The highest BCUT2D eigenvalue weighted by Gasteiger charge is 2.17. The number of imidazole rings is 1. The third kappa shape index (κ3) is 3.14. The fourth-order valence-electron chi connectivity index (χ4n) is 1.67. The molecule has 7 nitrogen and oxygen atoms in total. The normalized spacial score (nSPS) is 11.2. The summed E-state index contributed by atoms with van der Waals surface area (Å²) in [7, 11) is -3.69. The molecular weight excluding hydrogens is 278 g/mol. The van der Waals surface area contributed by atoms with Gasteiger partial charge < -0.3 is 10.3 Å². The molecule has 8 heteroatoms. The molecule has 0 aliphatic heterocycles. The number of benzene rings is 1. The molecular formula is C12H13N5O2S. The fraction of sp³-hybridized carbons (Fsp3) is 0.167. The lowest BCUT2D eigenvalue weighted by Gasteiger charge is -2.09. The third-order valence-corrected chi connectivity index (χ3v) is 4.18. The topological polar surface area (TPSA) is 114 Å². The molecule has 104 valence electrons. The summed E-state index contributed by atoms with van der Waals surface area (Å²) >= 11 is 0. The van der Waals surface area contributed by atoms with Crippen molar-refractivity contribution in [3.8, 4) is 6.07 Å². The molecule has 3 N–H and O–H groups in total. The summed E-state index contributed by atoms with van der Waals surface area (Å²) in [6, 6.07) is 5.98. The van der Waals surface area contributed by atoms with Gasteiger partial charge in [-0.1, -0.05) is 0 Å². The van der Waals surface area contributed by atoms with Gasteiger partial charge in [0.05, 0.1) is 23.6 Å². The number of nitrogens with zero attached hydrogens (tertiary/aromatic N) is 3. The minimum absolute atomic E-state index is 0.0258. The summed E-state index contributed by atoms with van der Waals surface area (Å²) in [5.74, 6) is 0. The van der Waals surface area contributed by atoms with E-state index in [1.807, 2.05) is 6.07 Å². The lowest BCUT2D eigenvalue weighted by molar-refractivity contribution is 0.573. The number of aromatic nitrogens is 2. The van der Waals surface area contributed by atoms with E-state index in [-0.39, 0.29) is 17.1 Å². The van der Waals surface area contributed by atoms with Crippen LogP contribution in [0.1, 0.15) is 5.56 Å². The molecule has 0 aliphatic carbocycles. The average molecular weight is 291 g/mol. The fourth-order valence-corrected chi connectivity index (χ4v) is 2.80. The highest BCUT2D eigenvalue weighted by Crippen LogP contribution is 2.19. The van der Waals surface area contributed by atoms with E-state index >= 15 is 0 Å². The summed E-state index contributed by atoms with van der Waals surface area (Å²) in [6.07, 6.45) is 4.96. The number of nitrogens with two attached hydrogens (primary N) is 1. The highest BCUT2D eigenvalue weighted by atomic mass is 32.2. The van der Waals surface area contributed by atoms with Crippen molar-refractivity contribution in [2.24, 2.45) is 0 Å². The van der Waals surface area contributed by atoms with E-state index in [0.717, 1.165) is 0 Å². The van der Waals surface area contributed by atoms with Crippen LogP contribution in [0, 0.1) is 11.3 Å². The summed E-state index contributed by atoms with van der Waals surface area (Å²) < 4.78 is 28.4. The van der Waals surface area contributed by atoms with Crippen LogP contribution < -0.4 is 10.5 Å². The second-order valence-corrected chi connectivity index (χ2v) is 5.80. The van der Waals surface area contributed by atoms with Gasteiger partial charge in [-0.2, -0.15) is 5.26 Å². The molecule has 1 heterocycles. The van der Waals surface area contributed by atoms with Gasteiger partial charge in [0, 0.05) is 25.5 Å². The van der Waals surface area contributed by atoms with Gasteiger partial charge in [0.2, 0.25) is 10.0 Å². The number of nitrogen functional groups attached to an aromatic ring is 1. The minimum Gasteiger partial charge on any atom is -0.398 e. The van der Waals surface area contributed by atoms with Crippen molar-refractivity contribution in [1.82, 2.24) is 14.3 Å². The number of nitrogens with one attached hydrogen (secondary N) is 1. The predicted molar refractivity (Wildman–Crippen MR) is 73.0 cm³/mol. The molecule has 2 rings (SSSR count). The maximum atomic E-state index is 12.1. The monoisotopic (exact) mass is 291 g/mol. The van der Waals surface area contributed by atoms with Gasteiger partial charge in [-0.3, -0.25) is 0 Å². The van der Waals surface area contributed by atoms with Gasteiger partial charge in [0.1, 0.15) is 4.90 Å². The van der Waals surface area contributed by atoms with Crippen LogP contribution in [0.5, 0.6) is 0 Å². The van der Waals surface area contributed by atoms with Crippen molar-refractivity contribution in [3.05, 3.63) is 42.5 Å². The lowest BCUT2D eigenvalue weighted by atomic mass is 10.2. The molecule has 2 aromatic rings. The molecule has 0 saturated heterocycles. The van der Waals surface area contributed by atoms with E-state index in [0.29, 0.717) is 12.1 Å². The zero-order valence-corrected chi connectivity index (χ0v) is 11.3. The lowest BCUT2D eigenvalue weighted by Crippen LogP contribution is -2.27. The Kier molecular flexibility index (Phi) is 4.02. The highest BCUT2D eigenvalue weighted by molar-refractivity contribution is 7.89. The van der Waals surface area contributed by atoms with E-state index in [2.05, 4.69) is 9.71 Å². The molecule has 0 amide bonds. The first-order valence-corrected chi connectivity index (χ1v) is 7.26. The molecule has 0 fully saturated rings.